The predicted molar refractivity (Wildman–Crippen MR) is 82.3 cm³/mol. The third kappa shape index (κ3) is 2.95. The minimum atomic E-state index is -0.392. The molecule has 3 rings (SSSR count). The van der Waals surface area contributed by atoms with Gasteiger partial charge in [-0.1, -0.05) is 12.1 Å². The molecule has 22 heavy (non-hydrogen) atoms. The third-order valence-corrected chi connectivity index (χ3v) is 3.61. The average molecular weight is 296 g/mol. The van der Waals surface area contributed by atoms with Gasteiger partial charge >= 0.3 is 0 Å². The summed E-state index contributed by atoms with van der Waals surface area (Å²) >= 11 is 0. The average Bonchev–Trinajstić information content (AvgIpc) is 2.90. The van der Waals surface area contributed by atoms with E-state index in [9.17, 15) is 9.59 Å². The van der Waals surface area contributed by atoms with Crippen LogP contribution in [0.1, 0.15) is 12.0 Å². The summed E-state index contributed by atoms with van der Waals surface area (Å²) < 4.78 is 0. The van der Waals surface area contributed by atoms with Crippen molar-refractivity contribution in [2.45, 2.75) is 13.3 Å². The Hall–Kier alpha value is -2.76. The number of hydrogen-bond acceptors (Lipinski definition) is 4. The summed E-state index contributed by atoms with van der Waals surface area (Å²) in [6.45, 7) is 2.35. The number of nitrogens with one attached hydrogen (secondary N) is 1. The maximum Gasteiger partial charge on any atom is 0.232 e. The third-order valence-electron chi connectivity index (χ3n) is 3.61. The highest BCUT2D eigenvalue weighted by Gasteiger charge is 2.35. The number of benzene rings is 1. The standard InChI is InChI=1S/C16H16N4O2/c1-11-4-2-5-13(8-11)20-10-12(9-14(20)21)15(22)19-16-17-6-3-7-18-16/h2-8,12H,9-10H2,1H3,(H,17,18,19,22). The lowest BCUT2D eigenvalue weighted by atomic mass is 10.1. The van der Waals surface area contributed by atoms with Gasteiger partial charge in [-0.05, 0) is 30.7 Å². The highest BCUT2D eigenvalue weighted by Crippen LogP contribution is 2.26. The number of rotatable bonds is 3. The van der Waals surface area contributed by atoms with Gasteiger partial charge in [0, 0.05) is 31.0 Å². The molecule has 6 heteroatoms. The summed E-state index contributed by atoms with van der Waals surface area (Å²) in [5.74, 6) is -0.403. The molecule has 1 aliphatic rings. The van der Waals surface area contributed by atoms with Crippen LogP contribution in [-0.4, -0.2) is 28.3 Å². The molecule has 0 saturated carbocycles. The van der Waals surface area contributed by atoms with Crippen molar-refractivity contribution in [3.63, 3.8) is 0 Å². The van der Waals surface area contributed by atoms with Crippen molar-refractivity contribution < 1.29 is 9.59 Å². The fourth-order valence-electron chi connectivity index (χ4n) is 2.50. The summed E-state index contributed by atoms with van der Waals surface area (Å²) in [5, 5.41) is 2.65. The molecular formula is C16H16N4O2. The molecule has 1 saturated heterocycles. The summed E-state index contributed by atoms with van der Waals surface area (Å²) in [5.41, 5.74) is 1.91. The molecule has 2 aromatic rings. The second-order valence-electron chi connectivity index (χ2n) is 5.31. The van der Waals surface area contributed by atoms with E-state index in [1.807, 2.05) is 31.2 Å². The zero-order chi connectivity index (χ0) is 15.5. The number of nitrogens with zero attached hydrogens (tertiary/aromatic N) is 3. The van der Waals surface area contributed by atoms with Crippen LogP contribution in [-0.2, 0) is 9.59 Å². The maximum atomic E-state index is 12.2. The van der Waals surface area contributed by atoms with E-state index in [2.05, 4.69) is 15.3 Å². The first kappa shape index (κ1) is 14.2. The lowest BCUT2D eigenvalue weighted by Gasteiger charge is -2.17. The Bertz CT molecular complexity index is 702. The van der Waals surface area contributed by atoms with Crippen LogP contribution in [0.15, 0.2) is 42.7 Å². The SMILES string of the molecule is Cc1cccc(N2CC(C(=O)Nc3ncccn3)CC2=O)c1. The molecule has 6 nitrogen and oxygen atoms in total. The van der Waals surface area contributed by atoms with Crippen LogP contribution >= 0.6 is 0 Å². The molecule has 2 amide bonds. The molecule has 0 radical (unpaired) electrons. The Kier molecular flexibility index (Phi) is 3.82. The summed E-state index contributed by atoms with van der Waals surface area (Å²) in [6, 6.07) is 9.38. The molecule has 1 aromatic carbocycles. The van der Waals surface area contributed by atoms with Crippen molar-refractivity contribution >= 4 is 23.5 Å². The van der Waals surface area contributed by atoms with E-state index in [-0.39, 0.29) is 24.2 Å². The molecule has 0 bridgehead atoms. The maximum absolute atomic E-state index is 12.2. The van der Waals surface area contributed by atoms with E-state index in [1.165, 1.54) is 0 Å². The van der Waals surface area contributed by atoms with E-state index < -0.39 is 5.92 Å². The van der Waals surface area contributed by atoms with Crippen LogP contribution < -0.4 is 10.2 Å². The minimum Gasteiger partial charge on any atom is -0.312 e. The van der Waals surface area contributed by atoms with Gasteiger partial charge in [0.05, 0.1) is 5.92 Å². The van der Waals surface area contributed by atoms with Crippen molar-refractivity contribution in [2.75, 3.05) is 16.8 Å². The van der Waals surface area contributed by atoms with Gasteiger partial charge in [-0.2, -0.15) is 0 Å². The van der Waals surface area contributed by atoms with Crippen molar-refractivity contribution in [1.82, 2.24) is 9.97 Å². The van der Waals surface area contributed by atoms with Crippen LogP contribution in [0.4, 0.5) is 11.6 Å². The molecule has 1 atom stereocenters. The van der Waals surface area contributed by atoms with E-state index in [0.29, 0.717) is 6.54 Å². The lowest BCUT2D eigenvalue weighted by molar-refractivity contribution is -0.122. The van der Waals surface area contributed by atoms with Crippen LogP contribution in [0, 0.1) is 12.8 Å². The number of amides is 2. The topological polar surface area (TPSA) is 75.2 Å². The summed E-state index contributed by atoms with van der Waals surface area (Å²) in [6.07, 6.45) is 3.32. The Morgan fingerprint density at radius 2 is 2.05 bits per heavy atom. The van der Waals surface area contributed by atoms with Crippen molar-refractivity contribution in [3.8, 4) is 0 Å². The van der Waals surface area contributed by atoms with Crippen LogP contribution in [0.5, 0.6) is 0 Å². The van der Waals surface area contributed by atoms with E-state index >= 15 is 0 Å². The second kappa shape index (κ2) is 5.93. The van der Waals surface area contributed by atoms with Crippen LogP contribution in [0.2, 0.25) is 0 Å². The molecule has 112 valence electrons. The van der Waals surface area contributed by atoms with Crippen LogP contribution in [0.3, 0.4) is 0 Å². The quantitative estimate of drug-likeness (QED) is 0.936. The molecule has 1 aromatic heterocycles. The monoisotopic (exact) mass is 296 g/mol. The van der Waals surface area contributed by atoms with Crippen molar-refractivity contribution in [2.24, 2.45) is 5.92 Å². The van der Waals surface area contributed by atoms with Crippen LogP contribution in [0.25, 0.3) is 0 Å². The van der Waals surface area contributed by atoms with Gasteiger partial charge in [-0.15, -0.1) is 0 Å². The number of hydrogen-bond donors (Lipinski definition) is 1. The van der Waals surface area contributed by atoms with Gasteiger partial charge in [0.15, 0.2) is 0 Å². The van der Waals surface area contributed by atoms with Gasteiger partial charge in [0.1, 0.15) is 0 Å². The Morgan fingerprint density at radius 1 is 1.27 bits per heavy atom. The first-order valence-corrected chi connectivity index (χ1v) is 7.08. The molecule has 1 N–H and O–H groups in total. The fraction of sp³-hybridized carbons (Fsp3) is 0.250. The zero-order valence-electron chi connectivity index (χ0n) is 12.2. The molecule has 0 aliphatic carbocycles. The minimum absolute atomic E-state index is 0.0419. The molecule has 0 spiro atoms. The van der Waals surface area contributed by atoms with Gasteiger partial charge in [0.2, 0.25) is 17.8 Å². The van der Waals surface area contributed by atoms with Crippen molar-refractivity contribution in [3.05, 3.63) is 48.3 Å². The number of carbonyl (C=O) groups excluding carboxylic acids is 2. The molecule has 1 aliphatic heterocycles. The number of aryl methyl sites for hydroxylation is 1. The lowest BCUT2D eigenvalue weighted by Crippen LogP contribution is -2.28. The smallest absolute Gasteiger partial charge is 0.232 e. The highest BCUT2D eigenvalue weighted by molar-refractivity contribution is 6.03. The highest BCUT2D eigenvalue weighted by atomic mass is 16.2. The van der Waals surface area contributed by atoms with E-state index in [1.54, 1.807) is 23.4 Å². The normalized spacial score (nSPS) is 17.6. The molecule has 1 unspecified atom stereocenters. The number of carbonyl (C=O) groups is 2. The Labute approximate surface area is 128 Å². The molecular weight excluding hydrogens is 280 g/mol. The van der Waals surface area contributed by atoms with E-state index in [0.717, 1.165) is 11.3 Å². The number of anilines is 2. The van der Waals surface area contributed by atoms with E-state index in [4.69, 9.17) is 0 Å². The zero-order valence-corrected chi connectivity index (χ0v) is 12.2. The fourth-order valence-corrected chi connectivity index (χ4v) is 2.50. The van der Waals surface area contributed by atoms with Gasteiger partial charge in [-0.25, -0.2) is 9.97 Å². The predicted octanol–water partition coefficient (Wildman–Crippen LogP) is 1.78. The largest absolute Gasteiger partial charge is 0.312 e. The Balaban J connectivity index is 1.70. The summed E-state index contributed by atoms with van der Waals surface area (Å²) in [7, 11) is 0. The summed E-state index contributed by atoms with van der Waals surface area (Å²) in [4.78, 5) is 34.0. The second-order valence-corrected chi connectivity index (χ2v) is 5.31. The number of aromatic nitrogens is 2. The van der Waals surface area contributed by atoms with Gasteiger partial charge < -0.3 is 4.90 Å². The molecule has 2 heterocycles. The van der Waals surface area contributed by atoms with Gasteiger partial charge in [0.25, 0.3) is 0 Å². The first-order valence-electron chi connectivity index (χ1n) is 7.08. The first-order chi connectivity index (χ1) is 10.6. The van der Waals surface area contributed by atoms with Gasteiger partial charge in [-0.3, -0.25) is 14.9 Å². The van der Waals surface area contributed by atoms with Crippen molar-refractivity contribution in [1.29, 1.82) is 0 Å². The Morgan fingerprint density at radius 3 is 2.77 bits per heavy atom. The molecule has 1 fully saturated rings.